The number of thioether (sulfide) groups is 1. The minimum Gasteiger partial charge on any atom is -0.497 e. The SMILES string of the molecule is COc1ccc(C=C2SC(=O)N(CNc3ccccc3C)C2=O)cc1. The van der Waals surface area contributed by atoms with Gasteiger partial charge in [0.2, 0.25) is 0 Å². The third-order valence-corrected chi connectivity index (χ3v) is 4.77. The summed E-state index contributed by atoms with van der Waals surface area (Å²) in [6.45, 7) is 2.12. The van der Waals surface area contributed by atoms with Crippen LogP contribution in [0, 0.1) is 6.92 Å². The third kappa shape index (κ3) is 3.85. The van der Waals surface area contributed by atoms with Crippen LogP contribution in [0.15, 0.2) is 53.4 Å². The molecule has 0 aromatic heterocycles. The average molecular weight is 354 g/mol. The monoisotopic (exact) mass is 354 g/mol. The van der Waals surface area contributed by atoms with Crippen LogP contribution in [0.3, 0.4) is 0 Å². The molecule has 1 fully saturated rings. The first-order valence-corrected chi connectivity index (χ1v) is 8.59. The third-order valence-electron chi connectivity index (χ3n) is 3.86. The van der Waals surface area contributed by atoms with Crippen LogP contribution in [0.4, 0.5) is 10.5 Å². The Labute approximate surface area is 150 Å². The fourth-order valence-electron chi connectivity index (χ4n) is 2.42. The molecule has 0 bridgehead atoms. The van der Waals surface area contributed by atoms with Crippen LogP contribution in [0.1, 0.15) is 11.1 Å². The summed E-state index contributed by atoms with van der Waals surface area (Å²) in [4.78, 5) is 26.3. The van der Waals surface area contributed by atoms with Gasteiger partial charge in [0.1, 0.15) is 5.75 Å². The zero-order valence-corrected chi connectivity index (χ0v) is 14.8. The number of hydrogen-bond donors (Lipinski definition) is 1. The van der Waals surface area contributed by atoms with Crippen LogP contribution >= 0.6 is 11.8 Å². The number of rotatable bonds is 5. The lowest BCUT2D eigenvalue weighted by molar-refractivity contribution is -0.122. The molecule has 0 spiro atoms. The van der Waals surface area contributed by atoms with Crippen LogP contribution in [-0.2, 0) is 4.79 Å². The first-order chi connectivity index (χ1) is 12.1. The van der Waals surface area contributed by atoms with E-state index in [9.17, 15) is 9.59 Å². The van der Waals surface area contributed by atoms with E-state index in [2.05, 4.69) is 5.32 Å². The molecule has 0 saturated carbocycles. The van der Waals surface area contributed by atoms with Gasteiger partial charge in [-0.2, -0.15) is 0 Å². The first-order valence-electron chi connectivity index (χ1n) is 7.77. The Morgan fingerprint density at radius 3 is 2.52 bits per heavy atom. The Hall–Kier alpha value is -2.73. The minimum atomic E-state index is -0.285. The summed E-state index contributed by atoms with van der Waals surface area (Å²) in [5.74, 6) is 0.458. The van der Waals surface area contributed by atoms with E-state index in [-0.39, 0.29) is 17.8 Å². The number of carbonyl (C=O) groups is 2. The van der Waals surface area contributed by atoms with Crippen LogP contribution < -0.4 is 10.1 Å². The molecule has 1 heterocycles. The van der Waals surface area contributed by atoms with Crippen molar-refractivity contribution in [3.8, 4) is 5.75 Å². The number of carbonyl (C=O) groups excluding carboxylic acids is 2. The van der Waals surface area contributed by atoms with Gasteiger partial charge in [-0.25, -0.2) is 0 Å². The molecular formula is C19H18N2O3S. The summed E-state index contributed by atoms with van der Waals surface area (Å²) in [6, 6.07) is 15.1. The van der Waals surface area contributed by atoms with Crippen molar-refractivity contribution in [2.45, 2.75) is 6.92 Å². The second kappa shape index (κ2) is 7.44. The van der Waals surface area contributed by atoms with E-state index in [0.29, 0.717) is 4.91 Å². The molecule has 6 heteroatoms. The maximum atomic E-state index is 12.5. The van der Waals surface area contributed by atoms with E-state index in [1.54, 1.807) is 13.2 Å². The quantitative estimate of drug-likeness (QED) is 0.819. The second-order valence-corrected chi connectivity index (χ2v) is 6.53. The van der Waals surface area contributed by atoms with Gasteiger partial charge in [0.05, 0.1) is 18.7 Å². The number of anilines is 1. The predicted octanol–water partition coefficient (Wildman–Crippen LogP) is 4.11. The van der Waals surface area contributed by atoms with Gasteiger partial charge in [0.25, 0.3) is 11.1 Å². The molecule has 1 N–H and O–H groups in total. The molecular weight excluding hydrogens is 336 g/mol. The van der Waals surface area contributed by atoms with Gasteiger partial charge in [-0.15, -0.1) is 0 Å². The number of para-hydroxylation sites is 1. The molecule has 0 aliphatic carbocycles. The van der Waals surface area contributed by atoms with Crippen molar-refractivity contribution in [3.05, 3.63) is 64.6 Å². The van der Waals surface area contributed by atoms with E-state index in [0.717, 1.165) is 34.3 Å². The van der Waals surface area contributed by atoms with Crippen molar-refractivity contribution in [2.75, 3.05) is 19.1 Å². The van der Waals surface area contributed by atoms with Crippen molar-refractivity contribution < 1.29 is 14.3 Å². The van der Waals surface area contributed by atoms with E-state index >= 15 is 0 Å². The molecule has 3 rings (SSSR count). The number of aryl methyl sites for hydroxylation is 1. The van der Waals surface area contributed by atoms with E-state index < -0.39 is 0 Å². The van der Waals surface area contributed by atoms with E-state index in [1.807, 2.05) is 55.5 Å². The van der Waals surface area contributed by atoms with E-state index in [4.69, 9.17) is 4.74 Å². The zero-order valence-electron chi connectivity index (χ0n) is 14.0. The average Bonchev–Trinajstić information content (AvgIpc) is 2.88. The number of nitrogens with zero attached hydrogens (tertiary/aromatic N) is 1. The molecule has 0 atom stereocenters. The summed E-state index contributed by atoms with van der Waals surface area (Å²) in [7, 11) is 1.60. The highest BCUT2D eigenvalue weighted by Gasteiger charge is 2.34. The number of nitrogens with one attached hydrogen (secondary N) is 1. The van der Waals surface area contributed by atoms with Crippen molar-refractivity contribution in [3.63, 3.8) is 0 Å². The van der Waals surface area contributed by atoms with Gasteiger partial charge in [0.15, 0.2) is 0 Å². The lowest BCUT2D eigenvalue weighted by atomic mass is 10.2. The fraction of sp³-hybridized carbons (Fsp3) is 0.158. The standard InChI is InChI=1S/C19H18N2O3S/c1-13-5-3-4-6-16(13)20-12-21-18(22)17(25-19(21)23)11-14-7-9-15(24-2)10-8-14/h3-11,20H,12H2,1-2H3. The van der Waals surface area contributed by atoms with Crippen LogP contribution in [0.5, 0.6) is 5.75 Å². The van der Waals surface area contributed by atoms with Gasteiger partial charge in [0, 0.05) is 5.69 Å². The molecule has 2 amide bonds. The molecule has 25 heavy (non-hydrogen) atoms. The maximum Gasteiger partial charge on any atom is 0.295 e. The topological polar surface area (TPSA) is 58.6 Å². The van der Waals surface area contributed by atoms with Crippen molar-refractivity contribution in [1.82, 2.24) is 4.90 Å². The van der Waals surface area contributed by atoms with Gasteiger partial charge in [-0.05, 0) is 54.1 Å². The van der Waals surface area contributed by atoms with Gasteiger partial charge >= 0.3 is 0 Å². The Bertz CT molecular complexity index is 831. The highest BCUT2D eigenvalue weighted by molar-refractivity contribution is 8.18. The van der Waals surface area contributed by atoms with Gasteiger partial charge in [-0.1, -0.05) is 30.3 Å². The number of imide groups is 1. The number of amides is 2. The number of methoxy groups -OCH3 is 1. The Balaban J connectivity index is 1.71. The molecule has 2 aromatic carbocycles. The Morgan fingerprint density at radius 2 is 1.84 bits per heavy atom. The minimum absolute atomic E-state index is 0.148. The molecule has 1 saturated heterocycles. The molecule has 1 aliphatic rings. The van der Waals surface area contributed by atoms with Crippen LogP contribution in [-0.4, -0.2) is 29.8 Å². The smallest absolute Gasteiger partial charge is 0.295 e. The number of benzene rings is 2. The zero-order chi connectivity index (χ0) is 17.8. The lowest BCUT2D eigenvalue weighted by Gasteiger charge is -2.15. The summed E-state index contributed by atoms with van der Waals surface area (Å²) in [5, 5.41) is 2.87. The summed E-state index contributed by atoms with van der Waals surface area (Å²) < 4.78 is 5.11. The predicted molar refractivity (Wildman–Crippen MR) is 100 cm³/mol. The van der Waals surface area contributed by atoms with Crippen molar-refractivity contribution in [1.29, 1.82) is 0 Å². The van der Waals surface area contributed by atoms with Gasteiger partial charge < -0.3 is 10.1 Å². The van der Waals surface area contributed by atoms with Crippen molar-refractivity contribution >= 4 is 34.7 Å². The number of hydrogen-bond acceptors (Lipinski definition) is 5. The fourth-order valence-corrected chi connectivity index (χ4v) is 3.26. The van der Waals surface area contributed by atoms with E-state index in [1.165, 1.54) is 4.90 Å². The highest BCUT2D eigenvalue weighted by Crippen LogP contribution is 2.32. The molecule has 1 aliphatic heterocycles. The van der Waals surface area contributed by atoms with Crippen LogP contribution in [0.25, 0.3) is 6.08 Å². The van der Waals surface area contributed by atoms with Crippen LogP contribution in [0.2, 0.25) is 0 Å². The summed E-state index contributed by atoms with van der Waals surface area (Å²) >= 11 is 0.953. The maximum absolute atomic E-state index is 12.5. The summed E-state index contributed by atoms with van der Waals surface area (Å²) in [6.07, 6.45) is 1.72. The molecule has 2 aromatic rings. The lowest BCUT2D eigenvalue weighted by Crippen LogP contribution is -2.33. The first kappa shape index (κ1) is 17.1. The summed E-state index contributed by atoms with van der Waals surface area (Å²) in [5.41, 5.74) is 2.81. The molecule has 5 nitrogen and oxygen atoms in total. The second-order valence-electron chi connectivity index (χ2n) is 5.53. The molecule has 0 unspecified atom stereocenters. The number of ether oxygens (including phenoxy) is 1. The van der Waals surface area contributed by atoms with Crippen molar-refractivity contribution in [2.24, 2.45) is 0 Å². The Morgan fingerprint density at radius 1 is 1.12 bits per heavy atom. The normalized spacial score (nSPS) is 15.8. The molecule has 0 radical (unpaired) electrons. The molecule has 128 valence electrons. The largest absolute Gasteiger partial charge is 0.497 e. The highest BCUT2D eigenvalue weighted by atomic mass is 32.2. The van der Waals surface area contributed by atoms with Gasteiger partial charge in [-0.3, -0.25) is 14.5 Å². The Kier molecular flexibility index (Phi) is 5.09.